The fraction of sp³-hybridized carbons (Fsp3) is 0.615. The molecule has 2 nitrogen and oxygen atoms in total. The van der Waals surface area contributed by atoms with Gasteiger partial charge in [-0.1, -0.05) is 19.9 Å². The average molecular weight is 205 g/mol. The Morgan fingerprint density at radius 2 is 2.13 bits per heavy atom. The molecule has 0 spiro atoms. The first kappa shape index (κ1) is 10.6. The van der Waals surface area contributed by atoms with Crippen molar-refractivity contribution in [3.63, 3.8) is 0 Å². The zero-order valence-electron chi connectivity index (χ0n) is 9.48. The fourth-order valence-electron chi connectivity index (χ4n) is 2.26. The number of pyridine rings is 1. The van der Waals surface area contributed by atoms with Gasteiger partial charge in [-0.2, -0.15) is 0 Å². The molecule has 0 aliphatic heterocycles. The first-order valence-corrected chi connectivity index (χ1v) is 5.80. The molecule has 0 aromatic carbocycles. The summed E-state index contributed by atoms with van der Waals surface area (Å²) in [4.78, 5) is 4.47. The predicted octanol–water partition coefficient (Wildman–Crippen LogP) is 2.83. The van der Waals surface area contributed by atoms with Crippen molar-refractivity contribution in [1.82, 2.24) is 4.98 Å². The van der Waals surface area contributed by atoms with Crippen molar-refractivity contribution in [2.75, 3.05) is 0 Å². The van der Waals surface area contributed by atoms with Crippen LogP contribution in [0.4, 0.5) is 0 Å². The van der Waals surface area contributed by atoms with Crippen molar-refractivity contribution in [3.05, 3.63) is 29.6 Å². The second-order valence-corrected chi connectivity index (χ2v) is 4.83. The van der Waals surface area contributed by atoms with Crippen molar-refractivity contribution in [2.24, 2.45) is 0 Å². The van der Waals surface area contributed by atoms with E-state index in [1.165, 1.54) is 5.56 Å². The van der Waals surface area contributed by atoms with Crippen LogP contribution in [0.15, 0.2) is 18.3 Å². The minimum atomic E-state index is -0.0974. The van der Waals surface area contributed by atoms with Crippen LogP contribution in [-0.4, -0.2) is 16.2 Å². The highest BCUT2D eigenvalue weighted by molar-refractivity contribution is 5.21. The van der Waals surface area contributed by atoms with Crippen molar-refractivity contribution in [3.8, 4) is 0 Å². The third kappa shape index (κ3) is 2.37. The van der Waals surface area contributed by atoms with Crippen LogP contribution in [0.2, 0.25) is 0 Å². The van der Waals surface area contributed by atoms with E-state index >= 15 is 0 Å². The Labute approximate surface area is 91.4 Å². The number of aromatic nitrogens is 1. The standard InChI is InChI=1S/C13H19NO/c1-9(2)13-6-4-11(8-14-13)10-3-5-12(15)7-10/h4,6,8-10,12,15H,3,5,7H2,1-2H3/t10?,12-/m0/s1. The van der Waals surface area contributed by atoms with Crippen LogP contribution in [-0.2, 0) is 0 Å². The van der Waals surface area contributed by atoms with Gasteiger partial charge in [-0.3, -0.25) is 4.98 Å². The number of rotatable bonds is 2. The van der Waals surface area contributed by atoms with Gasteiger partial charge in [-0.15, -0.1) is 0 Å². The Morgan fingerprint density at radius 1 is 1.33 bits per heavy atom. The summed E-state index contributed by atoms with van der Waals surface area (Å²) in [7, 11) is 0. The Bertz CT molecular complexity index is 318. The lowest BCUT2D eigenvalue weighted by molar-refractivity contribution is 0.181. The summed E-state index contributed by atoms with van der Waals surface area (Å²) in [5.41, 5.74) is 2.44. The lowest BCUT2D eigenvalue weighted by atomic mass is 9.98. The first-order chi connectivity index (χ1) is 7.16. The molecule has 1 aromatic rings. The van der Waals surface area contributed by atoms with Gasteiger partial charge in [0.15, 0.2) is 0 Å². The maximum atomic E-state index is 9.48. The second kappa shape index (κ2) is 4.31. The normalized spacial score (nSPS) is 26.1. The third-order valence-corrected chi connectivity index (χ3v) is 3.28. The van der Waals surface area contributed by atoms with Gasteiger partial charge in [0.05, 0.1) is 6.10 Å². The largest absolute Gasteiger partial charge is 0.393 e. The van der Waals surface area contributed by atoms with Crippen LogP contribution >= 0.6 is 0 Å². The number of hydrogen-bond donors (Lipinski definition) is 1. The molecule has 0 radical (unpaired) electrons. The zero-order valence-corrected chi connectivity index (χ0v) is 9.48. The lowest BCUT2D eigenvalue weighted by Gasteiger charge is -2.11. The van der Waals surface area contributed by atoms with Gasteiger partial charge in [0.25, 0.3) is 0 Å². The molecule has 82 valence electrons. The van der Waals surface area contributed by atoms with E-state index in [-0.39, 0.29) is 6.10 Å². The van der Waals surface area contributed by atoms with E-state index in [2.05, 4.69) is 31.0 Å². The van der Waals surface area contributed by atoms with E-state index in [9.17, 15) is 5.11 Å². The minimum Gasteiger partial charge on any atom is -0.393 e. The van der Waals surface area contributed by atoms with Gasteiger partial charge in [-0.25, -0.2) is 0 Å². The molecule has 1 aromatic heterocycles. The van der Waals surface area contributed by atoms with Crippen molar-refractivity contribution in [1.29, 1.82) is 0 Å². The summed E-state index contributed by atoms with van der Waals surface area (Å²) in [5.74, 6) is 1.02. The van der Waals surface area contributed by atoms with Crippen molar-refractivity contribution >= 4 is 0 Å². The first-order valence-electron chi connectivity index (χ1n) is 5.80. The van der Waals surface area contributed by atoms with Crippen LogP contribution in [0.5, 0.6) is 0 Å². The van der Waals surface area contributed by atoms with Gasteiger partial charge in [0.1, 0.15) is 0 Å². The van der Waals surface area contributed by atoms with E-state index in [0.29, 0.717) is 11.8 Å². The Kier molecular flexibility index (Phi) is 3.06. The number of nitrogens with zero attached hydrogens (tertiary/aromatic N) is 1. The maximum Gasteiger partial charge on any atom is 0.0546 e. The third-order valence-electron chi connectivity index (χ3n) is 3.28. The molecule has 1 N–H and O–H groups in total. The SMILES string of the molecule is CC(C)c1ccc(C2CC[C@H](O)C2)cn1. The highest BCUT2D eigenvalue weighted by Crippen LogP contribution is 2.34. The molecule has 15 heavy (non-hydrogen) atoms. The van der Waals surface area contributed by atoms with Gasteiger partial charge in [-0.05, 0) is 42.7 Å². The predicted molar refractivity (Wildman–Crippen MR) is 60.9 cm³/mol. The molecule has 1 fully saturated rings. The lowest BCUT2D eigenvalue weighted by Crippen LogP contribution is -2.00. The summed E-state index contributed by atoms with van der Waals surface area (Å²) in [5, 5.41) is 9.48. The van der Waals surface area contributed by atoms with Gasteiger partial charge < -0.3 is 5.11 Å². The summed E-state index contributed by atoms with van der Waals surface area (Å²) in [6, 6.07) is 4.29. The molecule has 1 aliphatic carbocycles. The molecule has 0 amide bonds. The minimum absolute atomic E-state index is 0.0974. The van der Waals surface area contributed by atoms with Gasteiger partial charge in [0, 0.05) is 11.9 Å². The van der Waals surface area contributed by atoms with E-state index in [1.807, 2.05) is 6.20 Å². The molecule has 0 bridgehead atoms. The molecule has 0 saturated heterocycles. The monoisotopic (exact) mass is 205 g/mol. The fourth-order valence-corrected chi connectivity index (χ4v) is 2.26. The van der Waals surface area contributed by atoms with Crippen LogP contribution in [0.25, 0.3) is 0 Å². The molecule has 2 atom stereocenters. The molecule has 2 rings (SSSR count). The van der Waals surface area contributed by atoms with E-state index < -0.39 is 0 Å². The summed E-state index contributed by atoms with van der Waals surface area (Å²) >= 11 is 0. The Morgan fingerprint density at radius 3 is 2.60 bits per heavy atom. The number of hydrogen-bond acceptors (Lipinski definition) is 2. The topological polar surface area (TPSA) is 33.1 Å². The zero-order chi connectivity index (χ0) is 10.8. The van der Waals surface area contributed by atoms with Crippen LogP contribution < -0.4 is 0 Å². The van der Waals surface area contributed by atoms with Gasteiger partial charge in [0.2, 0.25) is 0 Å². The summed E-state index contributed by atoms with van der Waals surface area (Å²) in [6.45, 7) is 4.31. The average Bonchev–Trinajstić information content (AvgIpc) is 2.65. The molecular weight excluding hydrogens is 186 g/mol. The van der Waals surface area contributed by atoms with E-state index in [0.717, 1.165) is 25.0 Å². The molecule has 1 saturated carbocycles. The Balaban J connectivity index is 2.10. The quantitative estimate of drug-likeness (QED) is 0.805. The summed E-state index contributed by atoms with van der Waals surface area (Å²) in [6.07, 6.45) is 4.83. The molecule has 1 heterocycles. The van der Waals surface area contributed by atoms with Crippen molar-refractivity contribution < 1.29 is 5.11 Å². The molecule has 2 heteroatoms. The van der Waals surface area contributed by atoms with Crippen molar-refractivity contribution in [2.45, 2.75) is 51.0 Å². The molecule has 1 aliphatic rings. The van der Waals surface area contributed by atoms with Gasteiger partial charge >= 0.3 is 0 Å². The highest BCUT2D eigenvalue weighted by Gasteiger charge is 2.24. The second-order valence-electron chi connectivity index (χ2n) is 4.83. The molecule has 1 unspecified atom stereocenters. The van der Waals surface area contributed by atoms with Crippen LogP contribution in [0.1, 0.15) is 56.2 Å². The molecular formula is C13H19NO. The van der Waals surface area contributed by atoms with Crippen LogP contribution in [0, 0.1) is 0 Å². The smallest absolute Gasteiger partial charge is 0.0546 e. The highest BCUT2D eigenvalue weighted by atomic mass is 16.3. The van der Waals surface area contributed by atoms with E-state index in [4.69, 9.17) is 0 Å². The number of aliphatic hydroxyl groups is 1. The number of aliphatic hydroxyl groups excluding tert-OH is 1. The Hall–Kier alpha value is -0.890. The van der Waals surface area contributed by atoms with Crippen LogP contribution in [0.3, 0.4) is 0 Å². The van der Waals surface area contributed by atoms with E-state index in [1.54, 1.807) is 0 Å². The maximum absolute atomic E-state index is 9.48. The summed E-state index contributed by atoms with van der Waals surface area (Å²) < 4.78 is 0.